The van der Waals surface area contributed by atoms with Gasteiger partial charge in [-0.05, 0) is 45.9 Å². The number of unbranched alkanes of at least 4 members (excludes halogenated alkanes) is 1. The molecule has 0 radical (unpaired) electrons. The maximum atomic E-state index is 5.90. The molecule has 0 aromatic heterocycles. The van der Waals surface area contributed by atoms with Crippen molar-refractivity contribution >= 4 is 0 Å². The van der Waals surface area contributed by atoms with Crippen LogP contribution in [-0.4, -0.2) is 55.6 Å². The molecule has 0 amide bonds. The molecule has 3 N–H and O–H groups in total. The first kappa shape index (κ1) is 17.9. The summed E-state index contributed by atoms with van der Waals surface area (Å²) in [7, 11) is 4.48. The zero-order chi connectivity index (χ0) is 15.0. The highest BCUT2D eigenvalue weighted by atomic mass is 15.3. The van der Waals surface area contributed by atoms with Crippen LogP contribution in [0.25, 0.3) is 0 Å². The zero-order valence-electron chi connectivity index (χ0n) is 14.1. The lowest BCUT2D eigenvalue weighted by molar-refractivity contribution is 0.158. The van der Waals surface area contributed by atoms with E-state index in [9.17, 15) is 0 Å². The van der Waals surface area contributed by atoms with Crippen molar-refractivity contribution in [3.63, 3.8) is 0 Å². The number of likely N-dealkylation sites (N-methyl/N-ethyl adjacent to an activating group) is 2. The summed E-state index contributed by atoms with van der Waals surface area (Å²) in [6.45, 7) is 8.09. The summed E-state index contributed by atoms with van der Waals surface area (Å²) in [5.74, 6) is 6.70. The van der Waals surface area contributed by atoms with Gasteiger partial charge in [-0.2, -0.15) is 0 Å². The van der Waals surface area contributed by atoms with Gasteiger partial charge in [-0.1, -0.05) is 39.5 Å². The number of hydrogen-bond acceptors (Lipinski definition) is 4. The fraction of sp³-hybridized carbons (Fsp3) is 1.00. The third-order valence-electron chi connectivity index (χ3n) is 4.92. The van der Waals surface area contributed by atoms with Gasteiger partial charge in [0.1, 0.15) is 0 Å². The Morgan fingerprint density at radius 2 is 2.00 bits per heavy atom. The molecule has 0 bridgehead atoms. The molecule has 0 saturated carbocycles. The Bertz CT molecular complexity index is 247. The summed E-state index contributed by atoms with van der Waals surface area (Å²) in [5.41, 5.74) is 3.12. The molecule has 0 spiro atoms. The quantitative estimate of drug-likeness (QED) is 0.529. The minimum atomic E-state index is 0.405. The van der Waals surface area contributed by atoms with Crippen LogP contribution in [0.5, 0.6) is 0 Å². The Kier molecular flexibility index (Phi) is 8.69. The molecule has 1 saturated heterocycles. The van der Waals surface area contributed by atoms with Gasteiger partial charge in [0, 0.05) is 18.6 Å². The van der Waals surface area contributed by atoms with Crippen molar-refractivity contribution in [1.82, 2.24) is 15.2 Å². The molecular weight excluding hydrogens is 248 g/mol. The first-order valence-corrected chi connectivity index (χ1v) is 8.47. The Hall–Kier alpha value is -0.160. The second-order valence-electron chi connectivity index (χ2n) is 6.59. The van der Waals surface area contributed by atoms with Gasteiger partial charge < -0.3 is 9.80 Å². The molecule has 3 unspecified atom stereocenters. The molecule has 1 fully saturated rings. The maximum Gasteiger partial charge on any atom is 0.0386 e. The van der Waals surface area contributed by atoms with E-state index in [0.29, 0.717) is 12.1 Å². The number of hydrogen-bond donors (Lipinski definition) is 2. The summed E-state index contributed by atoms with van der Waals surface area (Å²) < 4.78 is 0. The molecule has 0 aromatic carbocycles. The fourth-order valence-corrected chi connectivity index (χ4v) is 3.42. The van der Waals surface area contributed by atoms with Crippen molar-refractivity contribution in [2.75, 3.05) is 33.7 Å². The van der Waals surface area contributed by atoms with Crippen LogP contribution in [-0.2, 0) is 0 Å². The molecule has 4 nitrogen and oxygen atoms in total. The lowest BCUT2D eigenvalue weighted by Crippen LogP contribution is -2.54. The van der Waals surface area contributed by atoms with Crippen molar-refractivity contribution in [3.8, 4) is 0 Å². The number of nitrogens with two attached hydrogens (primary N) is 1. The average Bonchev–Trinajstić information content (AvgIpc) is 2.61. The average molecular weight is 284 g/mol. The normalized spacial score (nSPS) is 25.4. The summed E-state index contributed by atoms with van der Waals surface area (Å²) in [5, 5.41) is 0. The zero-order valence-corrected chi connectivity index (χ0v) is 14.1. The third-order valence-corrected chi connectivity index (χ3v) is 4.92. The summed E-state index contributed by atoms with van der Waals surface area (Å²) in [6, 6.07) is 0.936. The number of nitrogens with zero attached hydrogens (tertiary/aromatic N) is 2. The van der Waals surface area contributed by atoms with E-state index < -0.39 is 0 Å². The van der Waals surface area contributed by atoms with Gasteiger partial charge in [0.15, 0.2) is 0 Å². The first-order chi connectivity index (χ1) is 9.62. The smallest absolute Gasteiger partial charge is 0.0386 e. The van der Waals surface area contributed by atoms with Crippen LogP contribution < -0.4 is 11.3 Å². The Morgan fingerprint density at radius 3 is 2.60 bits per heavy atom. The molecule has 120 valence electrons. The van der Waals surface area contributed by atoms with E-state index in [4.69, 9.17) is 5.84 Å². The van der Waals surface area contributed by atoms with Gasteiger partial charge in [-0.15, -0.1) is 0 Å². The number of hydrazine groups is 1. The van der Waals surface area contributed by atoms with Crippen molar-refractivity contribution in [1.29, 1.82) is 0 Å². The van der Waals surface area contributed by atoms with E-state index >= 15 is 0 Å². The highest BCUT2D eigenvalue weighted by molar-refractivity contribution is 4.87. The number of rotatable bonds is 8. The molecule has 1 rings (SSSR count). The molecule has 0 aliphatic carbocycles. The van der Waals surface area contributed by atoms with Crippen molar-refractivity contribution in [2.24, 2.45) is 11.8 Å². The summed E-state index contributed by atoms with van der Waals surface area (Å²) in [4.78, 5) is 4.95. The molecule has 4 heteroatoms. The first-order valence-electron chi connectivity index (χ1n) is 8.47. The van der Waals surface area contributed by atoms with E-state index in [0.717, 1.165) is 12.5 Å². The largest absolute Gasteiger partial charge is 0.305 e. The van der Waals surface area contributed by atoms with E-state index in [1.807, 2.05) is 0 Å². The Labute approximate surface area is 126 Å². The van der Waals surface area contributed by atoms with Gasteiger partial charge in [0.2, 0.25) is 0 Å². The van der Waals surface area contributed by atoms with Gasteiger partial charge in [-0.3, -0.25) is 11.3 Å². The van der Waals surface area contributed by atoms with Crippen molar-refractivity contribution in [2.45, 2.75) is 64.5 Å². The van der Waals surface area contributed by atoms with Crippen LogP contribution in [0.15, 0.2) is 0 Å². The summed E-state index contributed by atoms with van der Waals surface area (Å²) in [6.07, 6.45) is 7.71. The van der Waals surface area contributed by atoms with Crippen molar-refractivity contribution in [3.05, 3.63) is 0 Å². The van der Waals surface area contributed by atoms with Crippen LogP contribution in [0.3, 0.4) is 0 Å². The second-order valence-corrected chi connectivity index (χ2v) is 6.59. The summed E-state index contributed by atoms with van der Waals surface area (Å²) >= 11 is 0. The highest BCUT2D eigenvalue weighted by Crippen LogP contribution is 2.22. The van der Waals surface area contributed by atoms with Crippen LogP contribution in [0.2, 0.25) is 0 Å². The third kappa shape index (κ3) is 5.68. The SMILES string of the molecule is CCCCC(CC)CC(NN)C1CN(C)CCCN1C. The lowest BCUT2D eigenvalue weighted by atomic mass is 9.89. The van der Waals surface area contributed by atoms with Gasteiger partial charge in [-0.25, -0.2) is 0 Å². The van der Waals surface area contributed by atoms with Gasteiger partial charge >= 0.3 is 0 Å². The van der Waals surface area contributed by atoms with Crippen LogP contribution in [0.1, 0.15) is 52.4 Å². The second kappa shape index (κ2) is 9.72. The standard InChI is InChI=1S/C16H36N4/c1-5-7-9-14(6-2)12-15(18-17)16-13-19(3)10-8-11-20(16)4/h14-16,18H,5-13,17H2,1-4H3. The molecule has 1 aliphatic heterocycles. The van der Waals surface area contributed by atoms with E-state index in [1.54, 1.807) is 0 Å². The molecule has 3 atom stereocenters. The molecular formula is C16H36N4. The molecule has 1 aliphatic rings. The Morgan fingerprint density at radius 1 is 1.25 bits per heavy atom. The van der Waals surface area contributed by atoms with Crippen LogP contribution >= 0.6 is 0 Å². The molecule has 20 heavy (non-hydrogen) atoms. The number of nitrogens with one attached hydrogen (secondary N) is 1. The fourth-order valence-electron chi connectivity index (χ4n) is 3.42. The maximum absolute atomic E-state index is 5.90. The van der Waals surface area contributed by atoms with Gasteiger partial charge in [0.05, 0.1) is 0 Å². The Balaban J connectivity index is 2.61. The predicted octanol–water partition coefficient (Wildman–Crippen LogP) is 2.06. The highest BCUT2D eigenvalue weighted by Gasteiger charge is 2.29. The minimum Gasteiger partial charge on any atom is -0.305 e. The lowest BCUT2D eigenvalue weighted by Gasteiger charge is -2.36. The van der Waals surface area contributed by atoms with Crippen molar-refractivity contribution < 1.29 is 0 Å². The molecule has 0 aromatic rings. The predicted molar refractivity (Wildman–Crippen MR) is 87.6 cm³/mol. The monoisotopic (exact) mass is 284 g/mol. The van der Waals surface area contributed by atoms with E-state index in [1.165, 1.54) is 51.6 Å². The minimum absolute atomic E-state index is 0.405. The molecule has 1 heterocycles. The van der Waals surface area contributed by atoms with Crippen LogP contribution in [0.4, 0.5) is 0 Å². The van der Waals surface area contributed by atoms with E-state index in [-0.39, 0.29) is 0 Å². The van der Waals surface area contributed by atoms with Gasteiger partial charge in [0.25, 0.3) is 0 Å². The topological polar surface area (TPSA) is 44.5 Å². The van der Waals surface area contributed by atoms with Crippen LogP contribution in [0, 0.1) is 5.92 Å². The van der Waals surface area contributed by atoms with E-state index in [2.05, 4.69) is 43.2 Å².